The fourth-order valence-corrected chi connectivity index (χ4v) is 2.14. The Labute approximate surface area is 114 Å². The fourth-order valence-electron chi connectivity index (χ4n) is 1.40. The summed E-state index contributed by atoms with van der Waals surface area (Å²) in [4.78, 5) is 11.9. The Balaban J connectivity index is 2.48. The van der Waals surface area contributed by atoms with Gasteiger partial charge in [-0.1, -0.05) is 13.8 Å². The van der Waals surface area contributed by atoms with Gasteiger partial charge in [0, 0.05) is 6.54 Å². The van der Waals surface area contributed by atoms with Gasteiger partial charge in [0.15, 0.2) is 0 Å². The van der Waals surface area contributed by atoms with E-state index < -0.39 is 18.6 Å². The van der Waals surface area contributed by atoms with Crippen LogP contribution in [0.25, 0.3) is 0 Å². The molecule has 1 heterocycles. The molecule has 0 aliphatic carbocycles. The second-order valence-electron chi connectivity index (χ2n) is 4.35. The summed E-state index contributed by atoms with van der Waals surface area (Å²) in [5.41, 5.74) is 0. The monoisotopic (exact) mass is 293 g/mol. The Bertz CT molecular complexity index is 409. The lowest BCUT2D eigenvalue weighted by atomic mass is 10.0. The largest absolute Gasteiger partial charge is 0.433 e. The number of hydrogen-bond donors (Lipinski definition) is 2. The van der Waals surface area contributed by atoms with E-state index in [1.807, 2.05) is 13.8 Å². The second kappa shape index (κ2) is 7.40. The van der Waals surface area contributed by atoms with E-state index in [0.717, 1.165) is 11.3 Å². The first kappa shape index (κ1) is 15.8. The number of carbonyl (C=O) groups is 1. The van der Waals surface area contributed by atoms with Crippen LogP contribution >= 0.6 is 11.3 Å². The number of ether oxygens (including phenoxy) is 1. The summed E-state index contributed by atoms with van der Waals surface area (Å²) in [5.74, 6) is -0.486. The van der Waals surface area contributed by atoms with Gasteiger partial charge in [-0.15, -0.1) is 11.3 Å². The highest BCUT2D eigenvalue weighted by Crippen LogP contribution is 2.26. The molecule has 108 valence electrons. The summed E-state index contributed by atoms with van der Waals surface area (Å²) in [6.07, 6.45) is -0.0831. The van der Waals surface area contributed by atoms with Crippen molar-refractivity contribution in [2.45, 2.75) is 33.0 Å². The minimum absolute atomic E-state index is 0.108. The molecule has 0 aromatic carbocycles. The predicted octanol–water partition coefficient (Wildman–Crippen LogP) is 2.49. The van der Waals surface area contributed by atoms with Gasteiger partial charge in [-0.25, -0.2) is 0 Å². The van der Waals surface area contributed by atoms with Gasteiger partial charge in [0.25, 0.3) is 5.91 Å². The van der Waals surface area contributed by atoms with Crippen molar-refractivity contribution in [3.8, 4) is 5.75 Å². The SMILES string of the molecule is CC(C)C(O)CCNC(=O)c1sccc1OC(F)F. The minimum atomic E-state index is -2.95. The fraction of sp³-hybridized carbons (Fsp3) is 0.583. The van der Waals surface area contributed by atoms with Crippen molar-refractivity contribution < 1.29 is 23.4 Å². The van der Waals surface area contributed by atoms with Gasteiger partial charge in [0.1, 0.15) is 10.6 Å². The van der Waals surface area contributed by atoms with Gasteiger partial charge >= 0.3 is 6.61 Å². The lowest BCUT2D eigenvalue weighted by Gasteiger charge is -2.14. The topological polar surface area (TPSA) is 58.6 Å². The van der Waals surface area contributed by atoms with Crippen LogP contribution in [-0.4, -0.2) is 30.3 Å². The molecule has 0 saturated carbocycles. The first-order chi connectivity index (χ1) is 8.91. The van der Waals surface area contributed by atoms with Crippen molar-refractivity contribution >= 4 is 17.2 Å². The molecule has 1 aromatic heterocycles. The Hall–Kier alpha value is -1.21. The minimum Gasteiger partial charge on any atom is -0.433 e. The highest BCUT2D eigenvalue weighted by atomic mass is 32.1. The molecule has 0 aliphatic rings. The average Bonchev–Trinajstić information content (AvgIpc) is 2.75. The Morgan fingerprint density at radius 2 is 2.21 bits per heavy atom. The first-order valence-corrected chi connectivity index (χ1v) is 6.78. The molecule has 0 fully saturated rings. The van der Waals surface area contributed by atoms with E-state index in [1.165, 1.54) is 11.4 Å². The molecule has 0 bridgehead atoms. The number of aliphatic hydroxyl groups is 1. The molecule has 2 N–H and O–H groups in total. The predicted molar refractivity (Wildman–Crippen MR) is 68.7 cm³/mol. The quantitative estimate of drug-likeness (QED) is 0.812. The standard InChI is InChI=1S/C12H17F2NO3S/c1-7(2)8(16)3-5-15-11(17)10-9(4-6-19-10)18-12(13)14/h4,6-8,12,16H,3,5H2,1-2H3,(H,15,17). The number of amides is 1. The van der Waals surface area contributed by atoms with Gasteiger partial charge in [-0.2, -0.15) is 8.78 Å². The molecule has 0 saturated heterocycles. The second-order valence-corrected chi connectivity index (χ2v) is 5.26. The van der Waals surface area contributed by atoms with E-state index >= 15 is 0 Å². The molecule has 1 amide bonds. The van der Waals surface area contributed by atoms with E-state index in [9.17, 15) is 18.7 Å². The van der Waals surface area contributed by atoms with E-state index in [2.05, 4.69) is 10.1 Å². The van der Waals surface area contributed by atoms with Crippen molar-refractivity contribution in [2.24, 2.45) is 5.92 Å². The van der Waals surface area contributed by atoms with Gasteiger partial charge in [0.2, 0.25) is 0 Å². The van der Waals surface area contributed by atoms with Crippen molar-refractivity contribution in [1.82, 2.24) is 5.32 Å². The molecule has 1 rings (SSSR count). The van der Waals surface area contributed by atoms with E-state index in [1.54, 1.807) is 0 Å². The molecule has 0 spiro atoms. The van der Waals surface area contributed by atoms with Crippen LogP contribution < -0.4 is 10.1 Å². The van der Waals surface area contributed by atoms with Crippen molar-refractivity contribution in [1.29, 1.82) is 0 Å². The van der Waals surface area contributed by atoms with Crippen LogP contribution in [0.3, 0.4) is 0 Å². The molecule has 1 unspecified atom stereocenters. The van der Waals surface area contributed by atoms with E-state index in [4.69, 9.17) is 0 Å². The summed E-state index contributed by atoms with van der Waals surface area (Å²) in [6.45, 7) is 1.08. The molecule has 0 aliphatic heterocycles. The molecular weight excluding hydrogens is 276 g/mol. The highest BCUT2D eigenvalue weighted by Gasteiger charge is 2.17. The summed E-state index contributed by atoms with van der Waals surface area (Å²) < 4.78 is 28.5. The number of halogens is 2. The third-order valence-corrected chi connectivity index (χ3v) is 3.44. The molecular formula is C12H17F2NO3S. The number of nitrogens with one attached hydrogen (secondary N) is 1. The zero-order valence-corrected chi connectivity index (χ0v) is 11.5. The van der Waals surface area contributed by atoms with Crippen LogP contribution in [0.5, 0.6) is 5.75 Å². The zero-order valence-electron chi connectivity index (χ0n) is 10.7. The third kappa shape index (κ3) is 5.12. The number of thiophene rings is 1. The summed E-state index contributed by atoms with van der Waals surface area (Å²) in [6, 6.07) is 1.33. The lowest BCUT2D eigenvalue weighted by molar-refractivity contribution is -0.0498. The Kier molecular flexibility index (Phi) is 6.17. The first-order valence-electron chi connectivity index (χ1n) is 5.90. The number of rotatable bonds is 7. The van der Waals surface area contributed by atoms with E-state index in [-0.39, 0.29) is 23.1 Å². The molecule has 4 nitrogen and oxygen atoms in total. The number of hydrogen-bond acceptors (Lipinski definition) is 4. The molecule has 19 heavy (non-hydrogen) atoms. The third-order valence-electron chi connectivity index (χ3n) is 2.55. The molecule has 7 heteroatoms. The maximum atomic E-state index is 12.1. The van der Waals surface area contributed by atoms with Crippen LogP contribution in [-0.2, 0) is 0 Å². The van der Waals surface area contributed by atoms with Crippen LogP contribution in [0.15, 0.2) is 11.4 Å². The maximum absolute atomic E-state index is 12.1. The normalized spacial score (nSPS) is 12.8. The molecule has 0 radical (unpaired) electrons. The number of alkyl halides is 2. The molecule has 1 aromatic rings. The van der Waals surface area contributed by atoms with Crippen molar-refractivity contribution in [3.63, 3.8) is 0 Å². The maximum Gasteiger partial charge on any atom is 0.387 e. The summed E-state index contributed by atoms with van der Waals surface area (Å²) in [7, 11) is 0. The Morgan fingerprint density at radius 1 is 1.53 bits per heavy atom. The van der Waals surface area contributed by atoms with Crippen LogP contribution in [0.2, 0.25) is 0 Å². The van der Waals surface area contributed by atoms with Gasteiger partial charge in [0.05, 0.1) is 6.10 Å². The lowest BCUT2D eigenvalue weighted by Crippen LogP contribution is -2.28. The van der Waals surface area contributed by atoms with Crippen molar-refractivity contribution in [3.05, 3.63) is 16.3 Å². The van der Waals surface area contributed by atoms with Crippen molar-refractivity contribution in [2.75, 3.05) is 6.54 Å². The van der Waals surface area contributed by atoms with Gasteiger partial charge in [-0.05, 0) is 23.8 Å². The summed E-state index contributed by atoms with van der Waals surface area (Å²) in [5, 5.41) is 13.7. The van der Waals surface area contributed by atoms with Crippen LogP contribution in [0, 0.1) is 5.92 Å². The highest BCUT2D eigenvalue weighted by molar-refractivity contribution is 7.12. The summed E-state index contributed by atoms with van der Waals surface area (Å²) >= 11 is 1.03. The Morgan fingerprint density at radius 3 is 2.79 bits per heavy atom. The smallest absolute Gasteiger partial charge is 0.387 e. The number of carbonyl (C=O) groups excluding carboxylic acids is 1. The van der Waals surface area contributed by atoms with Gasteiger partial charge < -0.3 is 15.2 Å². The zero-order chi connectivity index (χ0) is 14.4. The molecule has 1 atom stereocenters. The average molecular weight is 293 g/mol. The van der Waals surface area contributed by atoms with E-state index in [0.29, 0.717) is 6.42 Å². The number of aliphatic hydroxyl groups excluding tert-OH is 1. The van der Waals surface area contributed by atoms with Crippen LogP contribution in [0.1, 0.15) is 29.9 Å². The van der Waals surface area contributed by atoms with Crippen LogP contribution in [0.4, 0.5) is 8.78 Å². The van der Waals surface area contributed by atoms with Gasteiger partial charge in [-0.3, -0.25) is 4.79 Å².